The summed E-state index contributed by atoms with van der Waals surface area (Å²) in [6.45, 7) is -1.69. The number of amides is 1. The minimum absolute atomic E-state index is 0.0138. The van der Waals surface area contributed by atoms with E-state index in [1.54, 1.807) is 30.3 Å². The highest BCUT2D eigenvalue weighted by Crippen LogP contribution is 2.13. The van der Waals surface area contributed by atoms with Crippen LogP contribution in [0.1, 0.15) is 0 Å². The number of benzene rings is 1. The fourth-order valence-electron chi connectivity index (χ4n) is 2.93. The average molecular weight is 468 g/mol. The summed E-state index contributed by atoms with van der Waals surface area (Å²) in [6, 6.07) is 8.08. The van der Waals surface area contributed by atoms with Crippen molar-refractivity contribution in [2.24, 2.45) is 0 Å². The van der Waals surface area contributed by atoms with E-state index in [1.807, 2.05) is 0 Å². The summed E-state index contributed by atoms with van der Waals surface area (Å²) in [6.07, 6.45) is 0. The van der Waals surface area contributed by atoms with E-state index in [-0.39, 0.29) is 39.3 Å². The highest BCUT2D eigenvalue weighted by molar-refractivity contribution is 5.98. The smallest absolute Gasteiger partial charge is 0.323 e. The molecule has 0 saturated carbocycles. The molecule has 0 fully saturated rings. The van der Waals surface area contributed by atoms with Crippen molar-refractivity contribution in [3.05, 3.63) is 30.3 Å². The molecule has 0 aliphatic rings. The molecule has 1 aromatic rings. The molecule has 0 aromatic heterocycles. The zero-order chi connectivity index (χ0) is 24.8. The molecule has 0 atom stereocenters. The van der Waals surface area contributed by atoms with Crippen molar-refractivity contribution < 1.29 is 44.4 Å². The first-order chi connectivity index (χ1) is 15.6. The molecule has 13 nitrogen and oxygen atoms in total. The van der Waals surface area contributed by atoms with Crippen molar-refractivity contribution >= 4 is 35.5 Å². The van der Waals surface area contributed by atoms with Gasteiger partial charge in [-0.05, 0) is 12.1 Å². The lowest BCUT2D eigenvalue weighted by Crippen LogP contribution is -2.47. The second kappa shape index (κ2) is 14.5. The van der Waals surface area contributed by atoms with Crippen LogP contribution in [0.15, 0.2) is 30.3 Å². The Morgan fingerprint density at radius 1 is 0.667 bits per heavy atom. The Balaban J connectivity index is 2.83. The lowest BCUT2D eigenvalue weighted by Gasteiger charge is -2.28. The summed E-state index contributed by atoms with van der Waals surface area (Å²) in [5.41, 5.74) is 0.345. The van der Waals surface area contributed by atoms with Crippen LogP contribution in [0.25, 0.3) is 0 Å². The quantitative estimate of drug-likeness (QED) is 0.168. The monoisotopic (exact) mass is 468 g/mol. The molecule has 1 amide bonds. The molecule has 0 aliphatic heterocycles. The molecule has 0 radical (unpaired) electrons. The highest BCUT2D eigenvalue weighted by atomic mass is 16.4. The van der Waals surface area contributed by atoms with E-state index in [1.165, 1.54) is 9.80 Å². The molecule has 1 rings (SSSR count). The van der Waals surface area contributed by atoms with Gasteiger partial charge < -0.3 is 30.6 Å². The molecule has 0 heterocycles. The first-order valence-electron chi connectivity index (χ1n) is 9.96. The van der Waals surface area contributed by atoms with Gasteiger partial charge in [-0.25, -0.2) is 0 Å². The molecule has 0 saturated heterocycles. The van der Waals surface area contributed by atoms with Gasteiger partial charge in [0.05, 0.1) is 26.2 Å². The lowest BCUT2D eigenvalue weighted by molar-refractivity contribution is -0.140. The number of rotatable bonds is 17. The van der Waals surface area contributed by atoms with Crippen molar-refractivity contribution in [3.8, 4) is 0 Å². The van der Waals surface area contributed by atoms with Gasteiger partial charge in [0.15, 0.2) is 0 Å². The topological polar surface area (TPSA) is 188 Å². The fraction of sp³-hybridized carbons (Fsp3) is 0.450. The van der Waals surface area contributed by atoms with E-state index >= 15 is 0 Å². The van der Waals surface area contributed by atoms with Crippen LogP contribution in [0.2, 0.25) is 0 Å². The normalized spacial score (nSPS) is 10.8. The van der Waals surface area contributed by atoms with Gasteiger partial charge in [0.1, 0.15) is 6.54 Å². The second-order valence-corrected chi connectivity index (χ2v) is 7.05. The number of hydrogen-bond acceptors (Lipinski definition) is 8. The van der Waals surface area contributed by atoms with E-state index in [9.17, 15) is 29.1 Å². The predicted molar refractivity (Wildman–Crippen MR) is 115 cm³/mol. The van der Waals surface area contributed by atoms with Crippen molar-refractivity contribution in [1.82, 2.24) is 15.1 Å². The van der Waals surface area contributed by atoms with E-state index in [4.69, 9.17) is 15.3 Å². The van der Waals surface area contributed by atoms with Crippen LogP contribution in [-0.2, 0) is 24.0 Å². The first-order valence-corrected chi connectivity index (χ1v) is 9.96. The average Bonchev–Trinajstić information content (AvgIpc) is 2.72. The van der Waals surface area contributed by atoms with Gasteiger partial charge in [-0.15, -0.1) is 0 Å². The van der Waals surface area contributed by atoms with Gasteiger partial charge >= 0.3 is 23.9 Å². The number of carbonyl (C=O) groups excluding carboxylic acids is 1. The molecule has 0 bridgehead atoms. The number of carboxylic acid groups (broad SMARTS) is 4. The Morgan fingerprint density at radius 2 is 1.21 bits per heavy atom. The number of hydrogen-bond donors (Lipinski definition) is 5. The van der Waals surface area contributed by atoms with Crippen LogP contribution in [0.5, 0.6) is 0 Å². The van der Waals surface area contributed by atoms with Crippen LogP contribution in [-0.4, -0.2) is 119 Å². The Bertz CT molecular complexity index is 819. The molecule has 182 valence electrons. The largest absolute Gasteiger partial charge is 0.480 e. The summed E-state index contributed by atoms with van der Waals surface area (Å²) in [4.78, 5) is 60.8. The van der Waals surface area contributed by atoms with Crippen molar-refractivity contribution in [2.45, 2.75) is 0 Å². The number of para-hydroxylation sites is 1. The van der Waals surface area contributed by atoms with E-state index in [0.717, 1.165) is 4.90 Å². The second-order valence-electron chi connectivity index (χ2n) is 7.05. The van der Waals surface area contributed by atoms with Crippen molar-refractivity contribution in [2.75, 3.05) is 63.8 Å². The summed E-state index contributed by atoms with van der Waals surface area (Å²) in [5.74, 6) is -5.25. The maximum atomic E-state index is 12.8. The van der Waals surface area contributed by atoms with Gasteiger partial charge in [0.2, 0.25) is 5.91 Å². The third kappa shape index (κ3) is 12.2. The number of anilines is 1. The number of carboxylic acids is 4. The molecule has 0 spiro atoms. The molecule has 0 aliphatic carbocycles. The molecule has 13 heteroatoms. The zero-order valence-electron chi connectivity index (χ0n) is 17.9. The third-order valence-electron chi connectivity index (χ3n) is 4.35. The third-order valence-corrected chi connectivity index (χ3v) is 4.35. The lowest BCUT2D eigenvalue weighted by atomic mass is 10.2. The predicted octanol–water partition coefficient (Wildman–Crippen LogP) is -1.45. The zero-order valence-corrected chi connectivity index (χ0v) is 17.9. The fourth-order valence-corrected chi connectivity index (χ4v) is 2.93. The number of carbonyl (C=O) groups is 5. The highest BCUT2D eigenvalue weighted by Gasteiger charge is 2.23. The molecule has 0 unspecified atom stereocenters. The summed E-state index contributed by atoms with van der Waals surface area (Å²) in [7, 11) is 0. The van der Waals surface area contributed by atoms with Gasteiger partial charge in [-0.1, -0.05) is 18.2 Å². The minimum atomic E-state index is -1.24. The molecule has 5 N–H and O–H groups in total. The van der Waals surface area contributed by atoms with Crippen LogP contribution in [0.3, 0.4) is 0 Å². The van der Waals surface area contributed by atoms with E-state index in [2.05, 4.69) is 5.32 Å². The van der Waals surface area contributed by atoms with Crippen LogP contribution >= 0.6 is 0 Å². The maximum absolute atomic E-state index is 12.8. The number of nitrogens with one attached hydrogen (secondary N) is 1. The van der Waals surface area contributed by atoms with Gasteiger partial charge in [-0.2, -0.15) is 0 Å². The summed E-state index contributed by atoms with van der Waals surface area (Å²) in [5, 5.41) is 38.7. The van der Waals surface area contributed by atoms with Crippen molar-refractivity contribution in [1.29, 1.82) is 0 Å². The number of nitrogens with zero attached hydrogens (tertiary/aromatic N) is 3. The summed E-state index contributed by atoms with van der Waals surface area (Å²) < 4.78 is 0. The standard InChI is InChI=1S/C20H28N4O9/c25-16(24(14-20(32)33)15-4-2-1-3-5-15)11-23(13-19(30)31)9-8-22(12-18(28)29)7-6-21-10-17(26)27/h1-5,21H,6-14H2,(H,26,27)(H,28,29)(H,30,31)(H,32,33). The van der Waals surface area contributed by atoms with Crippen LogP contribution in [0.4, 0.5) is 5.69 Å². The molecular formula is C20H28N4O9. The van der Waals surface area contributed by atoms with Gasteiger partial charge in [0, 0.05) is 31.9 Å². The Kier molecular flexibility index (Phi) is 12.1. The Labute approximate surface area is 189 Å². The Hall–Kier alpha value is -3.55. The maximum Gasteiger partial charge on any atom is 0.323 e. The van der Waals surface area contributed by atoms with Gasteiger partial charge in [-0.3, -0.25) is 33.8 Å². The minimum Gasteiger partial charge on any atom is -0.480 e. The van der Waals surface area contributed by atoms with Crippen molar-refractivity contribution in [3.63, 3.8) is 0 Å². The van der Waals surface area contributed by atoms with Gasteiger partial charge in [0.25, 0.3) is 0 Å². The molecule has 33 heavy (non-hydrogen) atoms. The van der Waals surface area contributed by atoms with Crippen LogP contribution in [0, 0.1) is 0 Å². The molecule has 1 aromatic carbocycles. The summed E-state index contributed by atoms with van der Waals surface area (Å²) >= 11 is 0. The first kappa shape index (κ1) is 27.5. The Morgan fingerprint density at radius 3 is 1.76 bits per heavy atom. The number of aliphatic carboxylic acids is 4. The molecular weight excluding hydrogens is 440 g/mol. The SMILES string of the molecule is O=C(O)CNCCN(CCN(CC(=O)O)CC(=O)N(CC(=O)O)c1ccccc1)CC(=O)O. The van der Waals surface area contributed by atoms with E-state index in [0.29, 0.717) is 5.69 Å². The van der Waals surface area contributed by atoms with Crippen LogP contribution < -0.4 is 10.2 Å². The van der Waals surface area contributed by atoms with E-state index < -0.39 is 49.4 Å².